The Morgan fingerprint density at radius 2 is 1.97 bits per heavy atom. The monoisotopic (exact) mass is 537 g/mol. The van der Waals surface area contributed by atoms with Crippen molar-refractivity contribution in [3.8, 4) is 6.07 Å². The van der Waals surface area contributed by atoms with Crippen LogP contribution < -0.4 is 10.2 Å². The topological polar surface area (TPSA) is 81.5 Å². The van der Waals surface area contributed by atoms with Crippen molar-refractivity contribution >= 4 is 28.2 Å². The molecule has 1 amide bonds. The Morgan fingerprint density at radius 1 is 1.21 bits per heavy atom. The van der Waals surface area contributed by atoms with Gasteiger partial charge in [-0.1, -0.05) is 12.1 Å². The van der Waals surface area contributed by atoms with Crippen molar-refractivity contribution in [2.45, 2.75) is 32.5 Å². The maximum atomic E-state index is 13.5. The Hall–Kier alpha value is -3.84. The zero-order valence-corrected chi connectivity index (χ0v) is 21.9. The number of amides is 1. The van der Waals surface area contributed by atoms with Crippen LogP contribution in [-0.4, -0.2) is 55.2 Å². The molecule has 0 saturated carbocycles. The number of hydrogen-bond acceptors (Lipinski definition) is 6. The number of aromatic nitrogens is 1. The number of benzene rings is 2. The summed E-state index contributed by atoms with van der Waals surface area (Å²) in [6.45, 7) is 6.93. The molecule has 10 heteroatoms. The summed E-state index contributed by atoms with van der Waals surface area (Å²) in [5, 5.41) is 13.8. The first-order chi connectivity index (χ1) is 18.7. The first kappa shape index (κ1) is 26.8. The van der Waals surface area contributed by atoms with Crippen LogP contribution in [0.25, 0.3) is 10.9 Å². The SMILES string of the molecule is Cc1c([C@@H](C)Nc2c(C#N)cnc3ccc(N4CCN(C(=O)C5CCOC5)CC4)cc23)cccc1C(F)(F)F. The minimum Gasteiger partial charge on any atom is -0.381 e. The number of ether oxygens (including phenoxy) is 1. The summed E-state index contributed by atoms with van der Waals surface area (Å²) in [5.74, 6) is 0.0997. The number of alkyl halides is 3. The number of nitriles is 1. The molecule has 39 heavy (non-hydrogen) atoms. The predicted octanol–water partition coefficient (Wildman–Crippen LogP) is 5.29. The quantitative estimate of drug-likeness (QED) is 0.476. The third kappa shape index (κ3) is 5.36. The number of carbonyl (C=O) groups excluding carboxylic acids is 1. The lowest BCUT2D eigenvalue weighted by molar-refractivity contribution is -0.138. The van der Waals surface area contributed by atoms with Gasteiger partial charge in [0, 0.05) is 56.1 Å². The number of carbonyl (C=O) groups is 1. The van der Waals surface area contributed by atoms with Crippen molar-refractivity contribution < 1.29 is 22.7 Å². The van der Waals surface area contributed by atoms with E-state index in [0.717, 1.165) is 18.2 Å². The highest BCUT2D eigenvalue weighted by atomic mass is 19.4. The predicted molar refractivity (Wildman–Crippen MR) is 142 cm³/mol. The van der Waals surface area contributed by atoms with E-state index in [1.807, 2.05) is 23.1 Å². The molecule has 1 aromatic heterocycles. The highest BCUT2D eigenvalue weighted by Crippen LogP contribution is 2.37. The molecule has 0 spiro atoms. The molecule has 3 heterocycles. The molecule has 2 fully saturated rings. The summed E-state index contributed by atoms with van der Waals surface area (Å²) in [5.41, 5.74) is 2.43. The van der Waals surface area contributed by atoms with Crippen LogP contribution in [-0.2, 0) is 15.7 Å². The molecular weight excluding hydrogens is 507 g/mol. The number of piperazine rings is 1. The van der Waals surface area contributed by atoms with Gasteiger partial charge in [-0.25, -0.2) is 0 Å². The number of rotatable bonds is 5. The van der Waals surface area contributed by atoms with Gasteiger partial charge in [0.25, 0.3) is 0 Å². The average Bonchev–Trinajstić information content (AvgIpc) is 3.47. The minimum absolute atomic E-state index is 0.0521. The molecule has 2 aromatic carbocycles. The van der Waals surface area contributed by atoms with Crippen molar-refractivity contribution in [1.29, 1.82) is 5.26 Å². The Balaban J connectivity index is 1.41. The summed E-state index contributed by atoms with van der Waals surface area (Å²) in [4.78, 5) is 21.3. The fraction of sp³-hybridized carbons (Fsp3) is 0.414. The number of halogens is 3. The number of nitrogens with one attached hydrogen (secondary N) is 1. The maximum Gasteiger partial charge on any atom is 0.416 e. The van der Waals surface area contributed by atoms with E-state index in [-0.39, 0.29) is 17.4 Å². The van der Waals surface area contributed by atoms with Crippen molar-refractivity contribution in [2.24, 2.45) is 5.92 Å². The third-order valence-corrected chi connectivity index (χ3v) is 7.72. The minimum atomic E-state index is -4.45. The first-order valence-corrected chi connectivity index (χ1v) is 13.0. The Bertz CT molecular complexity index is 1420. The largest absolute Gasteiger partial charge is 0.416 e. The van der Waals surface area contributed by atoms with E-state index >= 15 is 0 Å². The molecule has 7 nitrogen and oxygen atoms in total. The van der Waals surface area contributed by atoms with Crippen LogP contribution in [0.2, 0.25) is 0 Å². The molecule has 1 N–H and O–H groups in total. The zero-order chi connectivity index (χ0) is 27.7. The summed E-state index contributed by atoms with van der Waals surface area (Å²) in [7, 11) is 0. The van der Waals surface area contributed by atoms with Gasteiger partial charge in [-0.3, -0.25) is 9.78 Å². The van der Waals surface area contributed by atoms with Gasteiger partial charge in [0.1, 0.15) is 6.07 Å². The van der Waals surface area contributed by atoms with Gasteiger partial charge in [-0.15, -0.1) is 0 Å². The summed E-state index contributed by atoms with van der Waals surface area (Å²) in [6.07, 6.45) is -2.20. The second kappa shape index (κ2) is 10.7. The Kier molecular flexibility index (Phi) is 7.36. The number of fused-ring (bicyclic) bond motifs is 1. The molecule has 0 aliphatic carbocycles. The second-order valence-electron chi connectivity index (χ2n) is 10.1. The van der Waals surface area contributed by atoms with Crippen molar-refractivity contribution in [3.05, 3.63) is 64.8 Å². The van der Waals surface area contributed by atoms with Gasteiger partial charge < -0.3 is 19.9 Å². The lowest BCUT2D eigenvalue weighted by Gasteiger charge is -2.37. The molecule has 2 aliphatic heterocycles. The number of nitrogens with zero attached hydrogens (tertiary/aromatic N) is 4. The molecule has 0 bridgehead atoms. The second-order valence-corrected chi connectivity index (χ2v) is 10.1. The van der Waals surface area contributed by atoms with E-state index in [2.05, 4.69) is 21.3 Å². The summed E-state index contributed by atoms with van der Waals surface area (Å²) in [6, 6.07) is 11.6. The standard InChI is InChI=1S/C29H30F3N5O2/c1-18-23(4-3-5-25(18)29(30,31)32)19(2)35-27-21(15-33)16-34-26-7-6-22(14-24(26)27)36-9-11-37(12-10-36)28(38)20-8-13-39-17-20/h3-7,14,16,19-20H,8-13,17H2,1-2H3,(H,34,35)/t19-,20?/m1/s1. The van der Waals surface area contributed by atoms with Crippen LogP contribution in [0.5, 0.6) is 0 Å². The molecule has 2 aliphatic rings. The van der Waals surface area contributed by atoms with E-state index in [1.165, 1.54) is 19.2 Å². The number of hydrogen-bond donors (Lipinski definition) is 1. The summed E-state index contributed by atoms with van der Waals surface area (Å²) < 4.78 is 45.9. The van der Waals surface area contributed by atoms with Crippen LogP contribution in [0.15, 0.2) is 42.6 Å². The lowest BCUT2D eigenvalue weighted by Crippen LogP contribution is -2.50. The van der Waals surface area contributed by atoms with Crippen molar-refractivity contribution in [1.82, 2.24) is 9.88 Å². The molecule has 3 aromatic rings. The smallest absolute Gasteiger partial charge is 0.381 e. The van der Waals surface area contributed by atoms with Crippen LogP contribution in [0.4, 0.5) is 24.5 Å². The van der Waals surface area contributed by atoms with Gasteiger partial charge in [-0.05, 0) is 55.7 Å². The van der Waals surface area contributed by atoms with Gasteiger partial charge in [0.05, 0.1) is 34.9 Å². The molecule has 0 radical (unpaired) electrons. The van der Waals surface area contributed by atoms with E-state index in [9.17, 15) is 23.2 Å². The Labute approximate surface area is 225 Å². The highest BCUT2D eigenvalue weighted by Gasteiger charge is 2.33. The van der Waals surface area contributed by atoms with Crippen LogP contribution in [0.1, 0.15) is 41.6 Å². The van der Waals surface area contributed by atoms with Crippen molar-refractivity contribution in [2.75, 3.05) is 49.6 Å². The zero-order valence-electron chi connectivity index (χ0n) is 21.9. The molecule has 204 valence electrons. The van der Waals surface area contributed by atoms with Gasteiger partial charge in [0.15, 0.2) is 0 Å². The highest BCUT2D eigenvalue weighted by molar-refractivity contribution is 5.96. The first-order valence-electron chi connectivity index (χ1n) is 13.0. The van der Waals surface area contributed by atoms with E-state index in [1.54, 1.807) is 13.0 Å². The Morgan fingerprint density at radius 3 is 2.64 bits per heavy atom. The van der Waals surface area contributed by atoms with Gasteiger partial charge in [-0.2, -0.15) is 18.4 Å². The molecule has 5 rings (SSSR count). The van der Waals surface area contributed by atoms with Crippen molar-refractivity contribution in [3.63, 3.8) is 0 Å². The van der Waals surface area contributed by atoms with Crippen LogP contribution in [0, 0.1) is 24.2 Å². The lowest BCUT2D eigenvalue weighted by atomic mass is 9.96. The van der Waals surface area contributed by atoms with E-state index in [0.29, 0.717) is 67.1 Å². The summed E-state index contributed by atoms with van der Waals surface area (Å²) >= 11 is 0. The maximum absolute atomic E-state index is 13.5. The van der Waals surface area contributed by atoms with Crippen LogP contribution in [0.3, 0.4) is 0 Å². The van der Waals surface area contributed by atoms with E-state index < -0.39 is 17.8 Å². The number of anilines is 2. The average molecular weight is 538 g/mol. The van der Waals surface area contributed by atoms with Gasteiger partial charge in [0.2, 0.25) is 5.91 Å². The van der Waals surface area contributed by atoms with E-state index in [4.69, 9.17) is 4.74 Å². The number of pyridine rings is 1. The molecule has 2 atom stereocenters. The van der Waals surface area contributed by atoms with Gasteiger partial charge >= 0.3 is 6.18 Å². The van der Waals surface area contributed by atoms with Crippen LogP contribution >= 0.6 is 0 Å². The molecule has 1 unspecified atom stereocenters. The third-order valence-electron chi connectivity index (χ3n) is 7.72. The fourth-order valence-electron chi connectivity index (χ4n) is 5.51. The molecular formula is C29H30F3N5O2. The molecule has 2 saturated heterocycles. The fourth-order valence-corrected chi connectivity index (χ4v) is 5.51. The normalized spacial score (nSPS) is 18.7.